The van der Waals surface area contributed by atoms with Gasteiger partial charge in [0.25, 0.3) is 0 Å². The Hall–Kier alpha value is -2.28. The van der Waals surface area contributed by atoms with Crippen molar-refractivity contribution >= 4 is 29.6 Å². The van der Waals surface area contributed by atoms with Crippen molar-refractivity contribution in [1.82, 2.24) is 10.7 Å². The van der Waals surface area contributed by atoms with E-state index in [1.54, 1.807) is 0 Å². The van der Waals surface area contributed by atoms with Crippen LogP contribution >= 0.6 is 11.6 Å². The zero-order chi connectivity index (χ0) is 14.4. The maximum absolute atomic E-state index is 11.1. The predicted octanol–water partition coefficient (Wildman–Crippen LogP) is 0.250. The molecule has 1 aromatic rings. The first kappa shape index (κ1) is 14.8. The Morgan fingerprint density at radius 2 is 2.11 bits per heavy atom. The van der Waals surface area contributed by atoms with Gasteiger partial charge in [0.1, 0.15) is 0 Å². The maximum Gasteiger partial charge on any atom is 0.329 e. The molecule has 1 aromatic carbocycles. The standard InChI is InChI=1S/C11H12ClN3O4/c1-13-10(17)11(18)15-14-5-6-3-7(12)9(16)8(4-6)19-2/h3-5,16H,1-2H3,(H,13,17)(H,15,18)/b14-5-. The second kappa shape index (κ2) is 6.60. The van der Waals surface area contributed by atoms with E-state index < -0.39 is 11.8 Å². The second-order valence-electron chi connectivity index (χ2n) is 3.33. The number of ether oxygens (including phenoxy) is 1. The quantitative estimate of drug-likeness (QED) is 0.421. The minimum atomic E-state index is -0.893. The zero-order valence-corrected chi connectivity index (χ0v) is 11.0. The van der Waals surface area contributed by atoms with Crippen LogP contribution in [0.15, 0.2) is 17.2 Å². The van der Waals surface area contributed by atoms with Gasteiger partial charge in [0, 0.05) is 7.05 Å². The number of methoxy groups -OCH3 is 1. The van der Waals surface area contributed by atoms with Gasteiger partial charge in [0.15, 0.2) is 11.5 Å². The van der Waals surface area contributed by atoms with Gasteiger partial charge < -0.3 is 15.2 Å². The Bertz CT molecular complexity index is 531. The number of nitrogens with one attached hydrogen (secondary N) is 2. The average molecular weight is 286 g/mol. The van der Waals surface area contributed by atoms with E-state index in [4.69, 9.17) is 16.3 Å². The number of aromatic hydroxyl groups is 1. The topological polar surface area (TPSA) is 100 Å². The molecule has 0 aliphatic carbocycles. The van der Waals surface area contributed by atoms with E-state index in [1.807, 2.05) is 5.43 Å². The number of amides is 2. The Morgan fingerprint density at radius 1 is 1.42 bits per heavy atom. The van der Waals surface area contributed by atoms with Crippen molar-refractivity contribution in [2.24, 2.45) is 5.10 Å². The first-order valence-electron chi connectivity index (χ1n) is 5.11. The van der Waals surface area contributed by atoms with Gasteiger partial charge in [0.05, 0.1) is 18.3 Å². The van der Waals surface area contributed by atoms with E-state index in [1.165, 1.54) is 32.5 Å². The molecule has 0 heterocycles. The van der Waals surface area contributed by atoms with Crippen LogP contribution in [0.2, 0.25) is 5.02 Å². The minimum absolute atomic E-state index is 0.0819. The number of halogens is 1. The molecule has 0 saturated heterocycles. The van der Waals surface area contributed by atoms with Gasteiger partial charge in [-0.1, -0.05) is 11.6 Å². The third kappa shape index (κ3) is 3.85. The minimum Gasteiger partial charge on any atom is -0.503 e. The third-order valence-electron chi connectivity index (χ3n) is 2.08. The molecule has 19 heavy (non-hydrogen) atoms. The van der Waals surface area contributed by atoms with E-state index >= 15 is 0 Å². The van der Waals surface area contributed by atoms with Crippen LogP contribution in [0.4, 0.5) is 0 Å². The van der Waals surface area contributed by atoms with E-state index in [9.17, 15) is 14.7 Å². The molecular formula is C11H12ClN3O4. The van der Waals surface area contributed by atoms with Crippen LogP contribution in [0.3, 0.4) is 0 Å². The van der Waals surface area contributed by atoms with Gasteiger partial charge in [-0.2, -0.15) is 5.10 Å². The summed E-state index contributed by atoms with van der Waals surface area (Å²) >= 11 is 5.77. The molecule has 2 amide bonds. The summed E-state index contributed by atoms with van der Waals surface area (Å²) in [6.07, 6.45) is 1.26. The molecule has 0 aliphatic rings. The zero-order valence-electron chi connectivity index (χ0n) is 10.2. The highest BCUT2D eigenvalue weighted by Gasteiger charge is 2.10. The van der Waals surface area contributed by atoms with Crippen molar-refractivity contribution in [3.05, 3.63) is 22.7 Å². The summed E-state index contributed by atoms with van der Waals surface area (Å²) in [6, 6.07) is 2.89. The van der Waals surface area contributed by atoms with Crippen molar-refractivity contribution in [3.8, 4) is 11.5 Å². The van der Waals surface area contributed by atoms with Gasteiger partial charge in [0.2, 0.25) is 0 Å². The fraction of sp³-hybridized carbons (Fsp3) is 0.182. The number of hydrazone groups is 1. The first-order valence-corrected chi connectivity index (χ1v) is 5.49. The number of benzene rings is 1. The summed E-state index contributed by atoms with van der Waals surface area (Å²) < 4.78 is 4.90. The van der Waals surface area contributed by atoms with Crippen molar-refractivity contribution in [2.45, 2.75) is 0 Å². The van der Waals surface area contributed by atoms with Crippen molar-refractivity contribution in [2.75, 3.05) is 14.2 Å². The molecule has 0 bridgehead atoms. The number of rotatable bonds is 3. The smallest absolute Gasteiger partial charge is 0.329 e. The summed E-state index contributed by atoms with van der Waals surface area (Å²) in [4.78, 5) is 22.0. The highest BCUT2D eigenvalue weighted by molar-refractivity contribution is 6.35. The van der Waals surface area contributed by atoms with Crippen LogP contribution in [-0.2, 0) is 9.59 Å². The van der Waals surface area contributed by atoms with Gasteiger partial charge in [-0.05, 0) is 17.7 Å². The number of phenols is 1. The van der Waals surface area contributed by atoms with Crippen molar-refractivity contribution in [1.29, 1.82) is 0 Å². The predicted molar refractivity (Wildman–Crippen MR) is 69.5 cm³/mol. The number of carbonyl (C=O) groups excluding carboxylic acids is 2. The lowest BCUT2D eigenvalue weighted by atomic mass is 10.2. The second-order valence-corrected chi connectivity index (χ2v) is 3.74. The van der Waals surface area contributed by atoms with Crippen LogP contribution in [0.25, 0.3) is 0 Å². The van der Waals surface area contributed by atoms with Crippen LogP contribution in [0.5, 0.6) is 11.5 Å². The third-order valence-corrected chi connectivity index (χ3v) is 2.37. The lowest BCUT2D eigenvalue weighted by Gasteiger charge is -2.05. The summed E-state index contributed by atoms with van der Waals surface area (Å²) in [6.45, 7) is 0. The van der Waals surface area contributed by atoms with E-state index in [0.29, 0.717) is 5.56 Å². The molecule has 0 saturated carbocycles. The Morgan fingerprint density at radius 3 is 2.68 bits per heavy atom. The molecule has 0 atom stereocenters. The molecule has 102 valence electrons. The maximum atomic E-state index is 11.1. The van der Waals surface area contributed by atoms with Crippen molar-refractivity contribution < 1.29 is 19.4 Å². The van der Waals surface area contributed by atoms with Crippen LogP contribution in [-0.4, -0.2) is 37.3 Å². The molecule has 0 radical (unpaired) electrons. The van der Waals surface area contributed by atoms with Gasteiger partial charge >= 0.3 is 11.8 Å². The normalized spacial score (nSPS) is 10.3. The van der Waals surface area contributed by atoms with E-state index in [0.717, 1.165) is 0 Å². The number of carbonyl (C=O) groups is 2. The molecular weight excluding hydrogens is 274 g/mol. The van der Waals surface area contributed by atoms with Gasteiger partial charge in [-0.3, -0.25) is 9.59 Å². The lowest BCUT2D eigenvalue weighted by Crippen LogP contribution is -2.35. The highest BCUT2D eigenvalue weighted by atomic mass is 35.5. The fourth-order valence-electron chi connectivity index (χ4n) is 1.15. The summed E-state index contributed by atoms with van der Waals surface area (Å²) in [5.41, 5.74) is 2.51. The Labute approximate surface area is 114 Å². The lowest BCUT2D eigenvalue weighted by molar-refractivity contribution is -0.138. The monoisotopic (exact) mass is 285 g/mol. The first-order chi connectivity index (χ1) is 8.99. The average Bonchev–Trinajstić information content (AvgIpc) is 2.41. The molecule has 1 rings (SSSR count). The number of hydrogen-bond acceptors (Lipinski definition) is 5. The Balaban J connectivity index is 2.80. The fourth-order valence-corrected chi connectivity index (χ4v) is 1.37. The summed E-state index contributed by atoms with van der Waals surface area (Å²) in [7, 11) is 2.70. The molecule has 0 fully saturated rings. The van der Waals surface area contributed by atoms with Crippen LogP contribution in [0, 0.1) is 0 Å². The van der Waals surface area contributed by atoms with E-state index in [-0.39, 0.29) is 16.5 Å². The van der Waals surface area contributed by atoms with Gasteiger partial charge in [-0.25, -0.2) is 5.43 Å². The summed E-state index contributed by atoms with van der Waals surface area (Å²) in [5.74, 6) is -1.71. The van der Waals surface area contributed by atoms with Crippen LogP contribution < -0.4 is 15.5 Å². The van der Waals surface area contributed by atoms with Crippen LogP contribution in [0.1, 0.15) is 5.56 Å². The Kier molecular flexibility index (Phi) is 5.13. The molecule has 0 unspecified atom stereocenters. The highest BCUT2D eigenvalue weighted by Crippen LogP contribution is 2.34. The molecule has 0 aromatic heterocycles. The molecule has 3 N–H and O–H groups in total. The van der Waals surface area contributed by atoms with E-state index in [2.05, 4.69) is 10.4 Å². The van der Waals surface area contributed by atoms with Gasteiger partial charge in [-0.15, -0.1) is 0 Å². The number of nitrogens with zero attached hydrogens (tertiary/aromatic N) is 1. The number of hydrogen-bond donors (Lipinski definition) is 3. The molecule has 7 nitrogen and oxygen atoms in total. The SMILES string of the molecule is CNC(=O)C(=O)N/N=C\c1cc(Cl)c(O)c(OC)c1. The number of phenolic OH excluding ortho intramolecular Hbond substituents is 1. The molecule has 8 heteroatoms. The molecule has 0 spiro atoms. The largest absolute Gasteiger partial charge is 0.503 e. The van der Waals surface area contributed by atoms with Crippen molar-refractivity contribution in [3.63, 3.8) is 0 Å². The number of likely N-dealkylation sites (N-methyl/N-ethyl adjacent to an activating group) is 1. The summed E-state index contributed by atoms with van der Waals surface area (Å²) in [5, 5.41) is 15.3. The molecule has 0 aliphatic heterocycles.